The molecule has 254 valence electrons. The lowest BCUT2D eigenvalue weighted by Gasteiger charge is -1.88. The van der Waals surface area contributed by atoms with Crippen LogP contribution in [0.3, 0.4) is 0 Å². The van der Waals surface area contributed by atoms with Crippen LogP contribution in [-0.4, -0.2) is 46.0 Å². The Balaban J connectivity index is -0.0000000586. The fourth-order valence-corrected chi connectivity index (χ4v) is 1.66. The molecule has 0 saturated heterocycles. The minimum atomic E-state index is -0.338. The summed E-state index contributed by atoms with van der Waals surface area (Å²) in [5.41, 5.74) is 0. The van der Waals surface area contributed by atoms with Crippen molar-refractivity contribution in [2.24, 2.45) is 5.92 Å². The van der Waals surface area contributed by atoms with Crippen LogP contribution >= 0.6 is 97.1 Å². The molecule has 0 saturated carbocycles. The van der Waals surface area contributed by atoms with Gasteiger partial charge in [0.15, 0.2) is 0 Å². The number of hydrogen-bond acceptors (Lipinski definition) is 8. The van der Waals surface area contributed by atoms with Gasteiger partial charge in [-0.1, -0.05) is 22.4 Å². The molecule has 0 bridgehead atoms. The average molecular weight is 831 g/mol. The van der Waals surface area contributed by atoms with Crippen LogP contribution in [0.15, 0.2) is 0 Å². The van der Waals surface area contributed by atoms with Crippen molar-refractivity contribution in [2.45, 2.75) is 83.4 Å². The van der Waals surface area contributed by atoms with E-state index in [0.717, 1.165) is 44.4 Å². The normalized spacial score (nSPS) is 8.49. The molecule has 0 rings (SSSR count). The van der Waals surface area contributed by atoms with E-state index in [9.17, 15) is 0 Å². The highest BCUT2D eigenvalue weighted by atomic mass is 79.9. The van der Waals surface area contributed by atoms with Crippen LogP contribution in [0.5, 0.6) is 0 Å². The Bertz CT molecular complexity index is 844. The van der Waals surface area contributed by atoms with E-state index in [2.05, 4.69) is 22.0 Å². The Kier molecular flexibility index (Phi) is 116. The number of hydrogen-bond donors (Lipinski definition) is 0. The molecular formula is C29H42BrCl7N8. The van der Waals surface area contributed by atoms with Crippen LogP contribution < -0.4 is 0 Å². The van der Waals surface area contributed by atoms with Crippen LogP contribution in [0.2, 0.25) is 0 Å². The summed E-state index contributed by atoms with van der Waals surface area (Å²) in [4.78, 5) is 0. The van der Waals surface area contributed by atoms with Crippen LogP contribution in [-0.2, 0) is 0 Å². The van der Waals surface area contributed by atoms with Gasteiger partial charge >= 0.3 is 0 Å². The predicted molar refractivity (Wildman–Crippen MR) is 194 cm³/mol. The molecule has 2 atom stereocenters. The first-order valence-corrected chi connectivity index (χ1v) is 17.9. The van der Waals surface area contributed by atoms with Gasteiger partial charge in [0.2, 0.25) is 0 Å². The van der Waals surface area contributed by atoms with Crippen molar-refractivity contribution in [1.29, 1.82) is 42.1 Å². The summed E-state index contributed by atoms with van der Waals surface area (Å²) < 4.78 is 0. The SMILES string of the molecule is CC(C#N)CCl.CC(Cl)C#N.N#CCBr.N#CCCCCCCl.N#CCCCCCl.N#CCCCCl.N#CCCCl.N#CCCl. The molecule has 0 radical (unpaired) electrons. The highest BCUT2D eigenvalue weighted by molar-refractivity contribution is 9.09. The largest absolute Gasteiger partial charge is 0.198 e. The van der Waals surface area contributed by atoms with E-state index in [-0.39, 0.29) is 17.2 Å². The molecule has 45 heavy (non-hydrogen) atoms. The summed E-state index contributed by atoms with van der Waals surface area (Å²) in [7, 11) is 0. The van der Waals surface area contributed by atoms with Crippen LogP contribution in [0.25, 0.3) is 0 Å². The van der Waals surface area contributed by atoms with E-state index in [0.29, 0.717) is 54.5 Å². The molecule has 0 N–H and O–H groups in total. The monoisotopic (exact) mass is 826 g/mol. The highest BCUT2D eigenvalue weighted by Crippen LogP contribution is 1.99. The predicted octanol–water partition coefficient (Wildman–Crippen LogP) is 11.1. The first-order chi connectivity index (χ1) is 21.6. The van der Waals surface area contributed by atoms with Gasteiger partial charge in [-0.3, -0.25) is 0 Å². The standard InChI is InChI=1S/C6H10ClN.C5H8ClN.2C4H6ClN.2C3H4ClN.C2H2BrN.C2H2ClN/c7-5-3-1-2-4-6-8;6-4-2-1-3-5-7;1-4(2-5)3-6;5-3-1-2-4-6;1-3(4)2-5;4-2-1-3-5;2*3-1-2-4/h1-5H2;1-4H2;4H,2H2,1H3;1-3H2;3H,1H3;1-2H2;2*1H2. The number of halogens is 8. The number of alkyl halides is 8. The van der Waals surface area contributed by atoms with Crippen molar-refractivity contribution < 1.29 is 0 Å². The maximum Gasteiger partial charge on any atom is 0.117 e. The molecule has 0 amide bonds. The number of rotatable bonds is 11. The molecule has 0 aromatic heterocycles. The summed E-state index contributed by atoms with van der Waals surface area (Å²) in [6.07, 6.45) is 8.24. The molecule has 16 heteroatoms. The van der Waals surface area contributed by atoms with Crippen molar-refractivity contribution in [3.63, 3.8) is 0 Å². The van der Waals surface area contributed by atoms with E-state index in [1.807, 2.05) is 30.3 Å². The van der Waals surface area contributed by atoms with Crippen LogP contribution in [0.4, 0.5) is 0 Å². The third-order valence-corrected chi connectivity index (χ3v) is 4.89. The van der Waals surface area contributed by atoms with E-state index >= 15 is 0 Å². The van der Waals surface area contributed by atoms with Crippen molar-refractivity contribution in [3.05, 3.63) is 0 Å². The maximum absolute atomic E-state index is 8.08. The van der Waals surface area contributed by atoms with Crippen LogP contribution in [0.1, 0.15) is 78.1 Å². The minimum Gasteiger partial charge on any atom is -0.198 e. The fraction of sp³-hybridized carbons (Fsp3) is 0.724. The number of unbranched alkanes of at least 4 members (excludes halogenated alkanes) is 6. The number of nitriles is 8. The molecule has 0 heterocycles. The van der Waals surface area contributed by atoms with Gasteiger partial charge in [-0.25, -0.2) is 0 Å². The fourth-order valence-electron chi connectivity index (χ4n) is 0.997. The van der Waals surface area contributed by atoms with Gasteiger partial charge in [0.25, 0.3) is 0 Å². The molecule has 0 aromatic rings. The first-order valence-electron chi connectivity index (χ1n) is 13.1. The zero-order chi connectivity index (χ0) is 36.8. The summed E-state index contributed by atoms with van der Waals surface area (Å²) in [5.74, 6) is 3.01. The Morgan fingerprint density at radius 2 is 0.822 bits per heavy atom. The van der Waals surface area contributed by atoms with E-state index in [1.165, 1.54) is 0 Å². The lowest BCUT2D eigenvalue weighted by atomic mass is 10.2. The zero-order valence-corrected chi connectivity index (χ0v) is 32.7. The Hall–Kier alpha value is -1.57. The van der Waals surface area contributed by atoms with Gasteiger partial charge in [-0.05, 0) is 46.0 Å². The second-order valence-electron chi connectivity index (χ2n) is 7.02. The second kappa shape index (κ2) is 84.1. The summed E-state index contributed by atoms with van der Waals surface area (Å²) in [5, 5.41) is 62.6. The summed E-state index contributed by atoms with van der Waals surface area (Å²) in [6, 6.07) is 15.3. The van der Waals surface area contributed by atoms with Gasteiger partial charge in [0.05, 0.1) is 59.8 Å². The Labute approximate surface area is 315 Å². The van der Waals surface area contributed by atoms with Crippen molar-refractivity contribution in [2.75, 3.05) is 40.6 Å². The first kappa shape index (κ1) is 62.3. The molecule has 0 aliphatic carbocycles. The smallest absolute Gasteiger partial charge is 0.117 e. The zero-order valence-electron chi connectivity index (χ0n) is 25.8. The molecular weight excluding hydrogens is 788 g/mol. The molecule has 0 fully saturated rings. The lowest BCUT2D eigenvalue weighted by molar-refractivity contribution is 0.737. The van der Waals surface area contributed by atoms with Crippen molar-refractivity contribution in [1.82, 2.24) is 0 Å². The molecule has 0 aliphatic rings. The van der Waals surface area contributed by atoms with E-state index in [4.69, 9.17) is 123 Å². The maximum atomic E-state index is 8.08. The third kappa shape index (κ3) is 166. The molecule has 8 nitrogen and oxygen atoms in total. The van der Waals surface area contributed by atoms with Gasteiger partial charge in [0.1, 0.15) is 11.3 Å². The topological polar surface area (TPSA) is 190 Å². The third-order valence-electron chi connectivity index (χ3n) is 2.97. The molecule has 0 spiro atoms. The van der Waals surface area contributed by atoms with Crippen LogP contribution in [0, 0.1) is 96.6 Å². The number of nitrogens with zero attached hydrogens (tertiary/aromatic N) is 8. The van der Waals surface area contributed by atoms with Gasteiger partial charge in [-0.15, -0.1) is 81.2 Å². The van der Waals surface area contributed by atoms with Gasteiger partial charge in [-0.2, -0.15) is 42.1 Å². The summed E-state index contributed by atoms with van der Waals surface area (Å²) in [6.45, 7) is 3.41. The quantitative estimate of drug-likeness (QED) is 0.145. The van der Waals surface area contributed by atoms with E-state index < -0.39 is 0 Å². The minimum absolute atomic E-state index is 0.00617. The molecule has 0 aromatic carbocycles. The van der Waals surface area contributed by atoms with Crippen molar-refractivity contribution in [3.8, 4) is 48.6 Å². The highest BCUT2D eigenvalue weighted by Gasteiger charge is 1.90. The van der Waals surface area contributed by atoms with Crippen molar-refractivity contribution >= 4 is 97.1 Å². The second-order valence-corrected chi connectivity index (χ2v) is 10.3. The lowest BCUT2D eigenvalue weighted by Crippen LogP contribution is -1.87. The Morgan fingerprint density at radius 3 is 0.978 bits per heavy atom. The van der Waals surface area contributed by atoms with E-state index in [1.54, 1.807) is 26.0 Å². The van der Waals surface area contributed by atoms with Gasteiger partial charge < -0.3 is 0 Å². The van der Waals surface area contributed by atoms with Gasteiger partial charge in [0, 0.05) is 55.1 Å². The average Bonchev–Trinajstić information content (AvgIpc) is 3.07. The Morgan fingerprint density at radius 1 is 0.489 bits per heavy atom. The summed E-state index contributed by atoms with van der Waals surface area (Å²) >= 11 is 39.1. The molecule has 2 unspecified atom stereocenters. The molecule has 0 aliphatic heterocycles.